The summed E-state index contributed by atoms with van der Waals surface area (Å²) in [7, 11) is -1.46. The summed E-state index contributed by atoms with van der Waals surface area (Å²) in [6.45, 7) is 23.6. The number of benzene rings is 2. The van der Waals surface area contributed by atoms with Crippen molar-refractivity contribution in [2.24, 2.45) is 5.41 Å². The summed E-state index contributed by atoms with van der Waals surface area (Å²) in [6, 6.07) is 13.6. The SMILES string of the molecule is CC(C)c1cc(C(C)C)c([C@@]2(O)c3ccccc3C3[C@@H]([Si](C)(C)C)[C@@]32C)c(C(C)C)c1. The van der Waals surface area contributed by atoms with Gasteiger partial charge in [0.05, 0.1) is 0 Å². The fourth-order valence-electron chi connectivity index (χ4n) is 7.03. The fraction of sp³-hybridized carbons (Fsp3) is 0.586. The van der Waals surface area contributed by atoms with Crippen LogP contribution in [0.5, 0.6) is 0 Å². The molecule has 0 bridgehead atoms. The van der Waals surface area contributed by atoms with E-state index >= 15 is 0 Å². The van der Waals surface area contributed by atoms with Gasteiger partial charge in [-0.15, -0.1) is 0 Å². The first-order valence-corrected chi connectivity index (χ1v) is 15.9. The molecule has 2 aliphatic rings. The molecular formula is C29H42OSi. The van der Waals surface area contributed by atoms with Crippen LogP contribution in [0.15, 0.2) is 36.4 Å². The standard InChI is InChI=1S/C29H42OSi/c1-17(2)20-15-22(18(3)4)25(23(16-20)19(5)6)29(30)24-14-12-11-13-21(24)26-27(28(26,29)7)31(8,9)10/h11-19,26-27,30H,1-10H3/t26?,27-,28-,29+/m1/s1. The van der Waals surface area contributed by atoms with Crippen molar-refractivity contribution in [1.29, 1.82) is 0 Å². The Bertz CT molecular complexity index is 983. The van der Waals surface area contributed by atoms with Gasteiger partial charge < -0.3 is 5.11 Å². The predicted octanol–water partition coefficient (Wildman–Crippen LogP) is 8.12. The van der Waals surface area contributed by atoms with Crippen LogP contribution in [0, 0.1) is 5.41 Å². The molecule has 1 fully saturated rings. The summed E-state index contributed by atoms with van der Waals surface area (Å²) in [6.07, 6.45) is 0. The third-order valence-corrected chi connectivity index (χ3v) is 11.2. The highest BCUT2D eigenvalue weighted by molar-refractivity contribution is 6.79. The normalized spacial score (nSPS) is 29.6. The first kappa shape index (κ1) is 22.8. The summed E-state index contributed by atoms with van der Waals surface area (Å²) in [5.41, 5.74) is 7.43. The Balaban J connectivity index is 2.09. The minimum atomic E-state index is -1.46. The van der Waals surface area contributed by atoms with Crippen LogP contribution < -0.4 is 0 Å². The van der Waals surface area contributed by atoms with E-state index in [0.29, 0.717) is 29.2 Å². The van der Waals surface area contributed by atoms with Gasteiger partial charge >= 0.3 is 0 Å². The minimum absolute atomic E-state index is 0.117. The molecule has 1 nitrogen and oxygen atoms in total. The molecule has 0 saturated heterocycles. The van der Waals surface area contributed by atoms with E-state index in [0.717, 1.165) is 5.56 Å². The van der Waals surface area contributed by atoms with Crippen LogP contribution >= 0.6 is 0 Å². The molecule has 31 heavy (non-hydrogen) atoms. The van der Waals surface area contributed by atoms with Crippen LogP contribution in [0.3, 0.4) is 0 Å². The van der Waals surface area contributed by atoms with Crippen LogP contribution in [0.1, 0.15) is 106 Å². The lowest BCUT2D eigenvalue weighted by atomic mass is 9.69. The van der Waals surface area contributed by atoms with Crippen molar-refractivity contribution in [3.05, 3.63) is 69.8 Å². The molecule has 0 amide bonds. The van der Waals surface area contributed by atoms with E-state index in [2.05, 4.69) is 105 Å². The largest absolute Gasteiger partial charge is 0.380 e. The summed E-state index contributed by atoms with van der Waals surface area (Å²) >= 11 is 0. The first-order chi connectivity index (χ1) is 14.3. The zero-order chi connectivity index (χ0) is 23.1. The topological polar surface area (TPSA) is 20.2 Å². The second-order valence-electron chi connectivity index (χ2n) is 12.4. The Morgan fingerprint density at radius 1 is 0.839 bits per heavy atom. The monoisotopic (exact) mass is 434 g/mol. The highest BCUT2D eigenvalue weighted by Gasteiger charge is 2.79. The maximum Gasteiger partial charge on any atom is 0.121 e. The van der Waals surface area contributed by atoms with Crippen LogP contribution in [0.4, 0.5) is 0 Å². The van der Waals surface area contributed by atoms with E-state index in [-0.39, 0.29) is 5.41 Å². The molecule has 0 radical (unpaired) electrons. The summed E-state index contributed by atoms with van der Waals surface area (Å²) in [4.78, 5) is 0. The van der Waals surface area contributed by atoms with Gasteiger partial charge in [0.25, 0.3) is 0 Å². The van der Waals surface area contributed by atoms with Crippen LogP contribution in [0.2, 0.25) is 25.2 Å². The van der Waals surface area contributed by atoms with Gasteiger partial charge in [-0.05, 0) is 62.6 Å². The number of hydrogen-bond acceptors (Lipinski definition) is 1. The summed E-state index contributed by atoms with van der Waals surface area (Å²) in [5, 5.41) is 13.0. The number of hydrogen-bond donors (Lipinski definition) is 1. The molecule has 0 heterocycles. The highest BCUT2D eigenvalue weighted by atomic mass is 28.3. The average molecular weight is 435 g/mol. The molecule has 0 spiro atoms. The van der Waals surface area contributed by atoms with Gasteiger partial charge in [0.1, 0.15) is 5.60 Å². The van der Waals surface area contributed by atoms with E-state index in [1.807, 2.05) is 0 Å². The van der Waals surface area contributed by atoms with Crippen molar-refractivity contribution in [2.75, 3.05) is 0 Å². The van der Waals surface area contributed by atoms with Gasteiger partial charge in [-0.3, -0.25) is 0 Å². The van der Waals surface area contributed by atoms with Gasteiger partial charge in [-0.25, -0.2) is 0 Å². The molecule has 2 aliphatic carbocycles. The smallest absolute Gasteiger partial charge is 0.121 e. The summed E-state index contributed by atoms with van der Waals surface area (Å²) < 4.78 is 0. The van der Waals surface area contributed by atoms with E-state index < -0.39 is 13.7 Å². The molecule has 1 saturated carbocycles. The second kappa shape index (κ2) is 7.06. The number of rotatable bonds is 5. The van der Waals surface area contributed by atoms with Crippen molar-refractivity contribution in [3.8, 4) is 0 Å². The molecule has 0 aromatic heterocycles. The summed E-state index contributed by atoms with van der Waals surface area (Å²) in [5.74, 6) is 1.70. The second-order valence-corrected chi connectivity index (χ2v) is 17.8. The Morgan fingerprint density at radius 3 is 1.81 bits per heavy atom. The lowest BCUT2D eigenvalue weighted by molar-refractivity contribution is 0.0141. The zero-order valence-electron chi connectivity index (χ0n) is 21.3. The molecule has 0 aliphatic heterocycles. The Morgan fingerprint density at radius 2 is 1.35 bits per heavy atom. The lowest BCUT2D eigenvalue weighted by Crippen LogP contribution is -2.41. The molecule has 4 rings (SSSR count). The quantitative estimate of drug-likeness (QED) is 0.471. The van der Waals surface area contributed by atoms with Gasteiger partial charge in [0, 0.05) is 13.5 Å². The fourth-order valence-corrected chi connectivity index (χ4v) is 10.6. The van der Waals surface area contributed by atoms with E-state index in [4.69, 9.17) is 0 Å². The molecule has 2 heteroatoms. The van der Waals surface area contributed by atoms with Crippen molar-refractivity contribution in [3.63, 3.8) is 0 Å². The molecule has 168 valence electrons. The third kappa shape index (κ3) is 2.97. The van der Waals surface area contributed by atoms with Gasteiger partial charge in [-0.2, -0.15) is 0 Å². The predicted molar refractivity (Wildman–Crippen MR) is 136 cm³/mol. The Labute approximate surface area is 191 Å². The van der Waals surface area contributed by atoms with E-state index in [1.54, 1.807) is 0 Å². The maximum atomic E-state index is 13.0. The average Bonchev–Trinajstić information content (AvgIpc) is 3.28. The third-order valence-electron chi connectivity index (χ3n) is 8.41. The van der Waals surface area contributed by atoms with E-state index in [9.17, 15) is 5.11 Å². The molecule has 1 N–H and O–H groups in total. The van der Waals surface area contributed by atoms with Crippen molar-refractivity contribution in [2.45, 2.75) is 103 Å². The molecule has 1 unspecified atom stereocenters. The lowest BCUT2D eigenvalue weighted by Gasteiger charge is -2.41. The minimum Gasteiger partial charge on any atom is -0.380 e. The number of fused-ring (bicyclic) bond motifs is 3. The molecule has 2 aromatic carbocycles. The van der Waals surface area contributed by atoms with Gasteiger partial charge in [0.2, 0.25) is 0 Å². The first-order valence-electron chi connectivity index (χ1n) is 12.3. The Hall–Kier alpha value is -1.38. The highest BCUT2D eigenvalue weighted by Crippen LogP contribution is 2.85. The number of aliphatic hydroxyl groups is 1. The van der Waals surface area contributed by atoms with Crippen molar-refractivity contribution < 1.29 is 5.11 Å². The van der Waals surface area contributed by atoms with Crippen LogP contribution in [0.25, 0.3) is 0 Å². The van der Waals surface area contributed by atoms with Gasteiger partial charge in [0.15, 0.2) is 0 Å². The van der Waals surface area contributed by atoms with Crippen molar-refractivity contribution in [1.82, 2.24) is 0 Å². The maximum absolute atomic E-state index is 13.0. The molecule has 2 aromatic rings. The Kier molecular flexibility index (Phi) is 5.19. The van der Waals surface area contributed by atoms with Crippen LogP contribution in [-0.2, 0) is 5.60 Å². The molecular weight excluding hydrogens is 392 g/mol. The zero-order valence-corrected chi connectivity index (χ0v) is 22.3. The van der Waals surface area contributed by atoms with Crippen molar-refractivity contribution >= 4 is 8.07 Å². The van der Waals surface area contributed by atoms with Gasteiger partial charge in [-0.1, -0.05) is 105 Å². The van der Waals surface area contributed by atoms with E-state index in [1.165, 1.54) is 27.8 Å². The molecule has 4 atom stereocenters. The van der Waals surface area contributed by atoms with Crippen LogP contribution in [-0.4, -0.2) is 13.2 Å².